The van der Waals surface area contributed by atoms with Crippen molar-refractivity contribution in [1.29, 1.82) is 0 Å². The van der Waals surface area contributed by atoms with Crippen molar-refractivity contribution < 1.29 is 0 Å². The van der Waals surface area contributed by atoms with E-state index in [1.165, 1.54) is 33.3 Å². The summed E-state index contributed by atoms with van der Waals surface area (Å²) in [7, 11) is 0. The Morgan fingerprint density at radius 2 is 1.61 bits per heavy atom. The zero-order chi connectivity index (χ0) is 44.0. The second kappa shape index (κ2) is 18.3. The van der Waals surface area contributed by atoms with Crippen molar-refractivity contribution in [2.24, 2.45) is 4.99 Å². The number of para-hydroxylation sites is 1. The van der Waals surface area contributed by atoms with E-state index in [-0.39, 0.29) is 0 Å². The highest BCUT2D eigenvalue weighted by molar-refractivity contribution is 6.10. The Morgan fingerprint density at radius 3 is 2.39 bits per heavy atom. The van der Waals surface area contributed by atoms with Crippen molar-refractivity contribution in [2.45, 2.75) is 33.6 Å². The summed E-state index contributed by atoms with van der Waals surface area (Å²) < 4.78 is 4.61. The maximum atomic E-state index is 6.18. The number of anilines is 3. The van der Waals surface area contributed by atoms with E-state index in [0.29, 0.717) is 0 Å². The van der Waals surface area contributed by atoms with Crippen molar-refractivity contribution in [2.75, 3.05) is 4.90 Å². The van der Waals surface area contributed by atoms with Crippen LogP contribution in [0.3, 0.4) is 0 Å². The van der Waals surface area contributed by atoms with E-state index in [9.17, 15) is 0 Å². The van der Waals surface area contributed by atoms with E-state index in [2.05, 4.69) is 210 Å². The van der Waals surface area contributed by atoms with Crippen LogP contribution in [-0.2, 0) is 6.42 Å². The zero-order valence-corrected chi connectivity index (χ0v) is 36.5. The molecule has 4 heteroatoms. The lowest BCUT2D eigenvalue weighted by molar-refractivity contribution is 0.944. The van der Waals surface area contributed by atoms with Crippen molar-refractivity contribution in [1.82, 2.24) is 9.13 Å². The Hall–Kier alpha value is -8.31. The van der Waals surface area contributed by atoms with Crippen LogP contribution in [0.5, 0.6) is 0 Å². The fourth-order valence-electron chi connectivity index (χ4n) is 8.99. The van der Waals surface area contributed by atoms with Gasteiger partial charge in [0.2, 0.25) is 0 Å². The molecule has 0 saturated carbocycles. The monoisotopic (exact) mass is 824 g/mol. The molecule has 0 atom stereocenters. The van der Waals surface area contributed by atoms with Gasteiger partial charge in [-0.1, -0.05) is 128 Å². The number of nitrogens with zero attached hydrogens (tertiary/aromatic N) is 4. The summed E-state index contributed by atoms with van der Waals surface area (Å²) in [6.07, 6.45) is 30.8. The minimum atomic E-state index is 0.791. The first-order valence-electron chi connectivity index (χ1n) is 21.7. The number of rotatable bonds is 12. The fraction of sp³-hybridized carbons (Fsp3) is 0.0833. The van der Waals surface area contributed by atoms with E-state index in [4.69, 9.17) is 11.4 Å². The first kappa shape index (κ1) is 41.1. The SMILES string of the molecule is C#Cc1c(/C=C\C)n(-c2cc(/C=C/N=C\C(=C/C)c3ccc(N(c4ccccc4)c4cccc5ccccc45)cc3)cc(-n3c(C)c(/C=C\C=C)c4c3C=CCC4)c2)c2ccc#cc12. The summed E-state index contributed by atoms with van der Waals surface area (Å²) in [6, 6.07) is 51.3. The predicted molar refractivity (Wildman–Crippen MR) is 274 cm³/mol. The summed E-state index contributed by atoms with van der Waals surface area (Å²) in [4.78, 5) is 7.19. The molecule has 9 rings (SSSR count). The van der Waals surface area contributed by atoms with Gasteiger partial charge in [0.05, 0.1) is 27.8 Å². The molecule has 2 heterocycles. The molecule has 0 radical (unpaired) electrons. The lowest BCUT2D eigenvalue weighted by Gasteiger charge is -2.27. The van der Waals surface area contributed by atoms with Crippen molar-refractivity contribution >= 4 is 74.8 Å². The molecule has 2 aromatic heterocycles. The number of fused-ring (bicyclic) bond motifs is 3. The topological polar surface area (TPSA) is 25.5 Å². The van der Waals surface area contributed by atoms with Gasteiger partial charge in [0, 0.05) is 51.9 Å². The van der Waals surface area contributed by atoms with Crippen LogP contribution in [0.15, 0.2) is 176 Å². The Balaban J connectivity index is 1.09. The molecule has 308 valence electrons. The summed E-state index contributed by atoms with van der Waals surface area (Å²) in [6.45, 7) is 10.2. The Morgan fingerprint density at radius 1 is 0.844 bits per heavy atom. The molecule has 6 aromatic carbocycles. The molecule has 1 aliphatic rings. The third-order valence-electron chi connectivity index (χ3n) is 11.9. The molecule has 0 amide bonds. The highest BCUT2D eigenvalue weighted by Gasteiger charge is 2.22. The van der Waals surface area contributed by atoms with E-state index in [1.54, 1.807) is 0 Å². The summed E-state index contributed by atoms with van der Waals surface area (Å²) in [5.41, 5.74) is 16.1. The molecule has 1 aliphatic carbocycles. The smallest absolute Gasteiger partial charge is 0.0667 e. The van der Waals surface area contributed by atoms with E-state index >= 15 is 0 Å². The Labute approximate surface area is 377 Å². The van der Waals surface area contributed by atoms with Gasteiger partial charge in [-0.3, -0.25) is 4.99 Å². The number of terminal acetylenes is 1. The highest BCUT2D eigenvalue weighted by atomic mass is 15.1. The molecule has 0 spiro atoms. The third-order valence-corrected chi connectivity index (χ3v) is 11.9. The van der Waals surface area contributed by atoms with Gasteiger partial charge in [0.1, 0.15) is 0 Å². The largest absolute Gasteiger partial charge is 0.314 e. The van der Waals surface area contributed by atoms with Crippen LogP contribution in [-0.4, -0.2) is 15.3 Å². The average Bonchev–Trinajstić information content (AvgIpc) is 3.81. The van der Waals surface area contributed by atoms with Gasteiger partial charge >= 0.3 is 0 Å². The molecule has 0 unspecified atom stereocenters. The predicted octanol–water partition coefficient (Wildman–Crippen LogP) is 15.3. The third kappa shape index (κ3) is 7.75. The molecule has 0 bridgehead atoms. The first-order valence-corrected chi connectivity index (χ1v) is 21.7. The van der Waals surface area contributed by atoms with Gasteiger partial charge in [-0.15, -0.1) is 6.42 Å². The minimum Gasteiger partial charge on any atom is -0.314 e. The second-order valence-corrected chi connectivity index (χ2v) is 15.7. The molecule has 0 N–H and O–H groups in total. The van der Waals surface area contributed by atoms with Crippen molar-refractivity contribution in [3.8, 4) is 23.7 Å². The first-order chi connectivity index (χ1) is 31.5. The van der Waals surface area contributed by atoms with Crippen LogP contribution in [0.25, 0.3) is 62.9 Å². The molecular weight excluding hydrogens is 777 g/mol. The quantitative estimate of drug-likeness (QED) is 0.0684. The zero-order valence-electron chi connectivity index (χ0n) is 36.5. The van der Waals surface area contributed by atoms with Gasteiger partial charge in [-0.25, -0.2) is 0 Å². The van der Waals surface area contributed by atoms with Crippen molar-refractivity contribution in [3.05, 3.63) is 228 Å². The minimum absolute atomic E-state index is 0.791. The van der Waals surface area contributed by atoms with Crippen LogP contribution in [0.2, 0.25) is 0 Å². The average molecular weight is 825 g/mol. The van der Waals surface area contributed by atoms with Gasteiger partial charge in [-0.2, -0.15) is 0 Å². The number of hydrogen-bond acceptors (Lipinski definition) is 2. The van der Waals surface area contributed by atoms with E-state index in [0.717, 1.165) is 80.1 Å². The van der Waals surface area contributed by atoms with Crippen LogP contribution < -0.4 is 4.90 Å². The maximum Gasteiger partial charge on any atom is 0.0667 e. The van der Waals surface area contributed by atoms with Gasteiger partial charge in [0.15, 0.2) is 0 Å². The molecule has 0 saturated heterocycles. The molecule has 0 fully saturated rings. The molecule has 4 nitrogen and oxygen atoms in total. The summed E-state index contributed by atoms with van der Waals surface area (Å²) in [5.74, 6) is 2.95. The number of aliphatic imine (C=N–C) groups is 1. The lowest BCUT2D eigenvalue weighted by atomic mass is 9.99. The van der Waals surface area contributed by atoms with E-state index < -0.39 is 0 Å². The van der Waals surface area contributed by atoms with E-state index in [1.807, 2.05) is 43.6 Å². The fourth-order valence-corrected chi connectivity index (χ4v) is 8.99. The van der Waals surface area contributed by atoms with Crippen LogP contribution >= 0.6 is 0 Å². The van der Waals surface area contributed by atoms with Crippen LogP contribution in [0.4, 0.5) is 17.1 Å². The lowest BCUT2D eigenvalue weighted by Crippen LogP contribution is -2.10. The number of aromatic nitrogens is 2. The number of hydrogen-bond donors (Lipinski definition) is 0. The van der Waals surface area contributed by atoms with Crippen molar-refractivity contribution in [3.63, 3.8) is 0 Å². The standard InChI is InChI=1S/C60H48N4/c1-6-10-26-53-43(5)62(59-30-18-17-29-56(53)59)50-39-44(40-51(41-50)64-57(21-7-2)52(9-4)55-28-16-19-31-60(55)64)37-38-61-42-45(8-3)46-33-35-49(36-34-46)63(48-24-12-11-13-25-48)58-32-20-23-47-22-14-15-27-54(47)58/h4,6-8,10-15,18-27,30-42H,1,17,29H2,2-3,5H3/b21-7-,26-10-,38-37+,45-8+,61-42-. The molecule has 0 aliphatic heterocycles. The number of allylic oxidation sites excluding steroid dienone is 6. The molecule has 64 heavy (non-hydrogen) atoms. The maximum absolute atomic E-state index is 6.18. The Kier molecular flexibility index (Phi) is 11.8. The second-order valence-electron chi connectivity index (χ2n) is 15.7. The van der Waals surface area contributed by atoms with Gasteiger partial charge < -0.3 is 14.0 Å². The molecular formula is C60H48N4. The number of benzene rings is 5. The summed E-state index contributed by atoms with van der Waals surface area (Å²) in [5, 5.41) is 3.27. The highest BCUT2D eigenvalue weighted by Crippen LogP contribution is 2.40. The summed E-state index contributed by atoms with van der Waals surface area (Å²) >= 11 is 0. The van der Waals surface area contributed by atoms with Crippen LogP contribution in [0.1, 0.15) is 65.2 Å². The normalized spacial score (nSPS) is 12.8. The van der Waals surface area contributed by atoms with Gasteiger partial charge in [-0.05, 0) is 146 Å². The van der Waals surface area contributed by atoms with Crippen LogP contribution in [0, 0.1) is 31.4 Å². The Bertz CT molecular complexity index is 3250. The molecule has 8 aromatic rings. The van der Waals surface area contributed by atoms with Gasteiger partial charge in [0.25, 0.3) is 0 Å².